The predicted molar refractivity (Wildman–Crippen MR) is 102 cm³/mol. The minimum Gasteiger partial charge on any atom is -0.493 e. The van der Waals surface area contributed by atoms with Crippen molar-refractivity contribution in [1.82, 2.24) is 0 Å². The topological polar surface area (TPSA) is 26.3 Å². The Morgan fingerprint density at radius 1 is 1.09 bits per heavy atom. The maximum absolute atomic E-state index is 13.6. The van der Waals surface area contributed by atoms with Gasteiger partial charge in [-0.1, -0.05) is 49.2 Å². The van der Waals surface area contributed by atoms with Crippen molar-refractivity contribution in [2.24, 2.45) is 5.92 Å². The summed E-state index contributed by atoms with van der Waals surface area (Å²) < 4.78 is 20.5. The van der Waals surface area contributed by atoms with Crippen LogP contribution in [0.4, 0.5) is 0 Å². The van der Waals surface area contributed by atoms with Crippen LogP contribution < -0.4 is 15.3 Å². The third kappa shape index (κ3) is 2.90. The molecule has 23 heavy (non-hydrogen) atoms. The highest BCUT2D eigenvalue weighted by molar-refractivity contribution is 9.10. The minimum absolute atomic E-state index is 0.523. The van der Waals surface area contributed by atoms with Gasteiger partial charge in [0.15, 0.2) is 0 Å². The second kappa shape index (κ2) is 6.45. The maximum atomic E-state index is 13.6. The Kier molecular flexibility index (Phi) is 4.71. The molecule has 0 aromatic heterocycles. The summed E-state index contributed by atoms with van der Waals surface area (Å²) >= 11 is 3.51. The SMILES string of the molecule is CC[C@H](C)COc1ccc2c(c1)P(=O)(CC)c1cc(Br)ccc1-2. The van der Waals surface area contributed by atoms with E-state index in [-0.39, 0.29) is 0 Å². The molecule has 1 unspecified atom stereocenters. The van der Waals surface area contributed by atoms with Crippen molar-refractivity contribution in [3.63, 3.8) is 0 Å². The third-order valence-electron chi connectivity index (χ3n) is 4.67. The Hall–Kier alpha value is -1.05. The van der Waals surface area contributed by atoms with Gasteiger partial charge >= 0.3 is 0 Å². The van der Waals surface area contributed by atoms with Gasteiger partial charge in [-0.15, -0.1) is 0 Å². The van der Waals surface area contributed by atoms with Crippen LogP contribution in [-0.2, 0) is 4.57 Å². The zero-order valence-electron chi connectivity index (χ0n) is 13.8. The molecule has 0 amide bonds. The van der Waals surface area contributed by atoms with E-state index < -0.39 is 7.14 Å². The van der Waals surface area contributed by atoms with Crippen molar-refractivity contribution >= 4 is 33.7 Å². The van der Waals surface area contributed by atoms with Crippen molar-refractivity contribution in [2.45, 2.75) is 27.2 Å². The van der Waals surface area contributed by atoms with Crippen molar-refractivity contribution in [3.8, 4) is 16.9 Å². The number of hydrogen-bond acceptors (Lipinski definition) is 2. The van der Waals surface area contributed by atoms with E-state index in [0.717, 1.165) is 38.4 Å². The van der Waals surface area contributed by atoms with Crippen molar-refractivity contribution in [2.75, 3.05) is 12.8 Å². The Morgan fingerprint density at radius 3 is 2.39 bits per heavy atom. The number of benzene rings is 2. The smallest absolute Gasteiger partial charge is 0.144 e. The number of fused-ring (bicyclic) bond motifs is 3. The van der Waals surface area contributed by atoms with Gasteiger partial charge in [-0.05, 0) is 47.4 Å². The monoisotopic (exact) mass is 392 g/mol. The standard InChI is InChI=1S/C19H22BrO2P/c1-4-13(3)12-22-15-7-9-17-16-8-6-14(20)10-18(16)23(21,5-2)19(17)11-15/h6-11,13H,4-5,12H2,1-3H3/t13-,23?/m0/s1. The summed E-state index contributed by atoms with van der Waals surface area (Å²) in [7, 11) is -2.55. The van der Waals surface area contributed by atoms with E-state index in [0.29, 0.717) is 18.7 Å². The van der Waals surface area contributed by atoms with Gasteiger partial charge in [-0.2, -0.15) is 0 Å². The van der Waals surface area contributed by atoms with Gasteiger partial charge in [0.1, 0.15) is 12.9 Å². The molecule has 2 atom stereocenters. The number of halogens is 1. The number of rotatable bonds is 5. The van der Waals surface area contributed by atoms with Crippen molar-refractivity contribution < 1.29 is 9.30 Å². The number of hydrogen-bond donors (Lipinski definition) is 0. The molecule has 0 aliphatic carbocycles. The normalized spacial score (nSPS) is 20.0. The molecule has 0 saturated heterocycles. The summed E-state index contributed by atoms with van der Waals surface area (Å²) in [6.07, 6.45) is 1.73. The lowest BCUT2D eigenvalue weighted by Gasteiger charge is -2.15. The van der Waals surface area contributed by atoms with Crippen LogP contribution in [0.25, 0.3) is 11.1 Å². The zero-order valence-corrected chi connectivity index (χ0v) is 16.3. The summed E-state index contributed by atoms with van der Waals surface area (Å²) in [5, 5.41) is 1.93. The van der Waals surface area contributed by atoms with Gasteiger partial charge in [0.25, 0.3) is 0 Å². The van der Waals surface area contributed by atoms with Crippen LogP contribution in [-0.4, -0.2) is 12.8 Å². The molecule has 0 radical (unpaired) electrons. The van der Waals surface area contributed by atoms with E-state index in [9.17, 15) is 4.57 Å². The summed E-state index contributed by atoms with van der Waals surface area (Å²) in [6, 6.07) is 12.1. The molecule has 2 nitrogen and oxygen atoms in total. The maximum Gasteiger partial charge on any atom is 0.144 e. The molecular formula is C19H22BrO2P. The Morgan fingerprint density at radius 2 is 1.74 bits per heavy atom. The first-order chi connectivity index (χ1) is 11.0. The predicted octanol–water partition coefficient (Wildman–Crippen LogP) is 5.19. The summed E-state index contributed by atoms with van der Waals surface area (Å²) in [5.74, 6) is 1.35. The molecule has 0 N–H and O–H groups in total. The fraction of sp³-hybridized carbons (Fsp3) is 0.368. The Balaban J connectivity index is 2.04. The van der Waals surface area contributed by atoms with E-state index in [1.807, 2.05) is 31.2 Å². The van der Waals surface area contributed by atoms with Gasteiger partial charge < -0.3 is 9.30 Å². The summed E-state index contributed by atoms with van der Waals surface area (Å²) in [5.41, 5.74) is 2.19. The average molecular weight is 393 g/mol. The fourth-order valence-corrected chi connectivity index (χ4v) is 6.32. The molecule has 0 saturated carbocycles. The second-order valence-electron chi connectivity index (χ2n) is 6.22. The first kappa shape index (κ1) is 16.8. The molecule has 1 heterocycles. The van der Waals surface area contributed by atoms with E-state index in [1.165, 1.54) is 0 Å². The van der Waals surface area contributed by atoms with E-state index in [1.54, 1.807) is 0 Å². The lowest BCUT2D eigenvalue weighted by molar-refractivity contribution is 0.257. The third-order valence-corrected chi connectivity index (χ3v) is 8.35. The molecule has 3 rings (SSSR count). The van der Waals surface area contributed by atoms with Crippen molar-refractivity contribution in [3.05, 3.63) is 40.9 Å². The van der Waals surface area contributed by atoms with Crippen LogP contribution in [0.5, 0.6) is 5.75 Å². The minimum atomic E-state index is -2.55. The first-order valence-corrected chi connectivity index (χ1v) is 10.8. The molecule has 0 bridgehead atoms. The van der Waals surface area contributed by atoms with Crippen LogP contribution >= 0.6 is 23.1 Å². The lowest BCUT2D eigenvalue weighted by Crippen LogP contribution is -2.13. The molecule has 122 valence electrons. The second-order valence-corrected chi connectivity index (χ2v) is 10.2. The van der Waals surface area contributed by atoms with Crippen LogP contribution in [0.3, 0.4) is 0 Å². The highest BCUT2D eigenvalue weighted by atomic mass is 79.9. The molecule has 1 aliphatic rings. The van der Waals surface area contributed by atoms with Gasteiger partial charge in [-0.3, -0.25) is 0 Å². The van der Waals surface area contributed by atoms with Crippen molar-refractivity contribution in [1.29, 1.82) is 0 Å². The molecule has 1 aliphatic heterocycles. The first-order valence-electron chi connectivity index (χ1n) is 8.16. The summed E-state index contributed by atoms with van der Waals surface area (Å²) in [4.78, 5) is 0. The van der Waals surface area contributed by atoms with E-state index in [2.05, 4.69) is 41.9 Å². The molecule has 2 aromatic carbocycles. The molecule has 0 spiro atoms. The van der Waals surface area contributed by atoms with Crippen LogP contribution in [0.15, 0.2) is 40.9 Å². The molecule has 2 aromatic rings. The Bertz CT molecular complexity index is 785. The van der Waals surface area contributed by atoms with Gasteiger partial charge in [-0.25, -0.2) is 0 Å². The van der Waals surface area contributed by atoms with Crippen LogP contribution in [0.2, 0.25) is 0 Å². The van der Waals surface area contributed by atoms with E-state index in [4.69, 9.17) is 4.74 Å². The fourth-order valence-electron chi connectivity index (χ4n) is 2.99. The summed E-state index contributed by atoms with van der Waals surface area (Å²) in [6.45, 7) is 7.05. The average Bonchev–Trinajstić information content (AvgIpc) is 2.81. The Labute approximate surface area is 146 Å². The largest absolute Gasteiger partial charge is 0.493 e. The van der Waals surface area contributed by atoms with Gasteiger partial charge in [0.05, 0.1) is 6.61 Å². The van der Waals surface area contributed by atoms with Gasteiger partial charge in [0, 0.05) is 21.2 Å². The van der Waals surface area contributed by atoms with E-state index >= 15 is 0 Å². The molecule has 4 heteroatoms. The van der Waals surface area contributed by atoms with Crippen LogP contribution in [0.1, 0.15) is 27.2 Å². The molecular weight excluding hydrogens is 371 g/mol. The zero-order chi connectivity index (χ0) is 16.6. The lowest BCUT2D eigenvalue weighted by atomic mass is 10.1. The number of ether oxygens (including phenoxy) is 1. The quantitative estimate of drug-likeness (QED) is 0.654. The molecule has 0 fully saturated rings. The van der Waals surface area contributed by atoms with Gasteiger partial charge in [0.2, 0.25) is 0 Å². The highest BCUT2D eigenvalue weighted by Crippen LogP contribution is 2.53. The highest BCUT2D eigenvalue weighted by Gasteiger charge is 2.37. The van der Waals surface area contributed by atoms with Crippen LogP contribution in [0, 0.1) is 5.92 Å².